The zero-order valence-corrected chi connectivity index (χ0v) is 18.9. The van der Waals surface area contributed by atoms with E-state index in [1.807, 2.05) is 11.0 Å². The molecule has 33 heavy (non-hydrogen) atoms. The number of nitrogens with zero attached hydrogens (tertiary/aromatic N) is 4. The Morgan fingerprint density at radius 3 is 2.79 bits per heavy atom. The van der Waals surface area contributed by atoms with Gasteiger partial charge in [-0.05, 0) is 55.5 Å². The van der Waals surface area contributed by atoms with E-state index in [-0.39, 0.29) is 30.4 Å². The van der Waals surface area contributed by atoms with Gasteiger partial charge in [0.25, 0.3) is 0 Å². The summed E-state index contributed by atoms with van der Waals surface area (Å²) in [6.07, 6.45) is 4.31. The summed E-state index contributed by atoms with van der Waals surface area (Å²) < 4.78 is 19.3. The van der Waals surface area contributed by atoms with Crippen LogP contribution < -0.4 is 15.0 Å². The van der Waals surface area contributed by atoms with Gasteiger partial charge >= 0.3 is 0 Å². The first-order chi connectivity index (χ1) is 15.9. The molecule has 2 bridgehead atoms. The number of carbonyl (C=O) groups excluding carboxylic acids is 1. The number of anilines is 1. The predicted octanol–water partition coefficient (Wildman–Crippen LogP) is 2.81. The number of aromatic nitrogens is 1. The van der Waals surface area contributed by atoms with Gasteiger partial charge in [-0.1, -0.05) is 6.92 Å². The molecule has 1 aliphatic carbocycles. The minimum Gasteiger partial charge on any atom is -0.496 e. The van der Waals surface area contributed by atoms with Crippen LogP contribution in [0.4, 0.5) is 10.2 Å². The molecule has 8 heteroatoms. The summed E-state index contributed by atoms with van der Waals surface area (Å²) in [5.41, 5.74) is 0.926. The van der Waals surface area contributed by atoms with Crippen LogP contribution in [-0.2, 0) is 10.3 Å². The quantitative estimate of drug-likeness (QED) is 0.731. The fourth-order valence-corrected chi connectivity index (χ4v) is 5.47. The van der Waals surface area contributed by atoms with Gasteiger partial charge in [0.1, 0.15) is 23.5 Å². The predicted molar refractivity (Wildman–Crippen MR) is 121 cm³/mol. The molecule has 3 aliphatic rings. The second-order valence-corrected chi connectivity index (χ2v) is 9.44. The second-order valence-electron chi connectivity index (χ2n) is 9.44. The molecule has 2 saturated heterocycles. The topological polar surface area (TPSA) is 81.5 Å². The normalized spacial score (nSPS) is 25.0. The molecular weight excluding hydrogens is 421 g/mol. The number of hydrogen-bond donors (Lipinski definition) is 1. The Morgan fingerprint density at radius 2 is 2.15 bits per heavy atom. The van der Waals surface area contributed by atoms with Gasteiger partial charge in [-0.15, -0.1) is 0 Å². The van der Waals surface area contributed by atoms with Crippen molar-refractivity contribution in [2.24, 2.45) is 5.92 Å². The maximum atomic E-state index is 13.9. The molecule has 7 nitrogen and oxygen atoms in total. The summed E-state index contributed by atoms with van der Waals surface area (Å²) in [7, 11) is 1.58. The fourth-order valence-electron chi connectivity index (χ4n) is 5.47. The highest BCUT2D eigenvalue weighted by atomic mass is 19.1. The van der Waals surface area contributed by atoms with Crippen LogP contribution in [0.5, 0.6) is 5.75 Å². The Hall–Kier alpha value is -3.18. The Morgan fingerprint density at radius 1 is 1.33 bits per heavy atom. The Balaban J connectivity index is 1.26. The lowest BCUT2D eigenvalue weighted by molar-refractivity contribution is -0.131. The zero-order valence-electron chi connectivity index (χ0n) is 18.9. The Kier molecular flexibility index (Phi) is 5.45. The van der Waals surface area contributed by atoms with Crippen LogP contribution in [-0.4, -0.2) is 54.6 Å². The summed E-state index contributed by atoms with van der Waals surface area (Å²) >= 11 is 0. The fraction of sp³-hybridized carbons (Fsp3) is 0.480. The van der Waals surface area contributed by atoms with E-state index in [2.05, 4.69) is 28.2 Å². The molecule has 1 aromatic heterocycles. The van der Waals surface area contributed by atoms with Crippen LogP contribution in [0.1, 0.15) is 37.3 Å². The first-order valence-corrected chi connectivity index (χ1v) is 11.5. The van der Waals surface area contributed by atoms with E-state index in [0.717, 1.165) is 30.6 Å². The molecule has 3 fully saturated rings. The van der Waals surface area contributed by atoms with E-state index in [9.17, 15) is 9.18 Å². The average molecular weight is 450 g/mol. The lowest BCUT2D eigenvalue weighted by Gasteiger charge is -2.42. The number of fused-ring (bicyclic) bond motifs is 2. The van der Waals surface area contributed by atoms with Crippen molar-refractivity contribution in [3.05, 3.63) is 53.5 Å². The number of pyridine rings is 1. The van der Waals surface area contributed by atoms with Crippen LogP contribution in [0.15, 0.2) is 36.5 Å². The van der Waals surface area contributed by atoms with Crippen molar-refractivity contribution in [3.63, 3.8) is 0 Å². The van der Waals surface area contributed by atoms with Crippen molar-refractivity contribution in [2.45, 2.75) is 43.8 Å². The lowest BCUT2D eigenvalue weighted by atomic mass is 10.0. The Labute approximate surface area is 193 Å². The molecule has 2 aliphatic heterocycles. The highest BCUT2D eigenvalue weighted by molar-refractivity contribution is 5.79. The van der Waals surface area contributed by atoms with E-state index in [4.69, 9.17) is 10.00 Å². The van der Waals surface area contributed by atoms with Crippen molar-refractivity contribution in [1.82, 2.24) is 15.2 Å². The number of hydrogen-bond acceptors (Lipinski definition) is 6. The molecule has 0 spiro atoms. The van der Waals surface area contributed by atoms with Crippen molar-refractivity contribution in [2.75, 3.05) is 31.6 Å². The SMILES string of the molecule is COc1ccc(F)cc1C1(NCC(=O)N2CC3C[C@H](C)C(C2)N3c2ccc(C#N)cn2)CC1. The molecule has 2 aromatic rings. The third-order valence-electron chi connectivity index (χ3n) is 7.39. The van der Waals surface area contributed by atoms with E-state index < -0.39 is 5.54 Å². The van der Waals surface area contributed by atoms with Crippen LogP contribution in [0.2, 0.25) is 0 Å². The van der Waals surface area contributed by atoms with E-state index in [1.54, 1.807) is 25.4 Å². The van der Waals surface area contributed by atoms with Gasteiger partial charge < -0.3 is 14.5 Å². The molecule has 172 valence electrons. The number of likely N-dealkylation sites (tertiary alicyclic amines) is 1. The maximum Gasteiger partial charge on any atom is 0.236 e. The van der Waals surface area contributed by atoms with E-state index >= 15 is 0 Å². The van der Waals surface area contributed by atoms with Crippen molar-refractivity contribution in [1.29, 1.82) is 5.26 Å². The smallest absolute Gasteiger partial charge is 0.236 e. The molecular formula is C25H28FN5O2. The van der Waals surface area contributed by atoms with Gasteiger partial charge in [0.2, 0.25) is 5.91 Å². The number of rotatable bonds is 6. The summed E-state index contributed by atoms with van der Waals surface area (Å²) in [5.74, 6) is 1.72. The van der Waals surface area contributed by atoms with Crippen LogP contribution >= 0.6 is 0 Å². The Bertz CT molecular complexity index is 1090. The minimum absolute atomic E-state index is 0.0631. The number of methoxy groups -OCH3 is 1. The van der Waals surface area contributed by atoms with Crippen LogP contribution in [0.25, 0.3) is 0 Å². The van der Waals surface area contributed by atoms with Crippen molar-refractivity contribution >= 4 is 11.7 Å². The average Bonchev–Trinajstić information content (AvgIpc) is 3.59. The number of carbonyl (C=O) groups is 1. The van der Waals surface area contributed by atoms with Gasteiger partial charge in [-0.25, -0.2) is 9.37 Å². The largest absolute Gasteiger partial charge is 0.496 e. The zero-order chi connectivity index (χ0) is 23.2. The summed E-state index contributed by atoms with van der Waals surface area (Å²) in [5, 5.41) is 12.4. The standard InChI is InChI=1S/C25H28FN5O2/c1-16-9-19-14-30(15-21(16)31(19)23-6-3-17(11-27)12-28-23)24(32)13-29-25(7-8-25)20-10-18(26)4-5-22(20)33-2/h3-6,10,12,16,19,21,29H,7-9,13-15H2,1-2H3/t16-,19?,21?/m0/s1. The van der Waals surface area contributed by atoms with Gasteiger partial charge in [0.15, 0.2) is 0 Å². The molecule has 3 atom stereocenters. The minimum atomic E-state index is -0.399. The number of nitriles is 1. The van der Waals surface area contributed by atoms with Crippen molar-refractivity contribution < 1.29 is 13.9 Å². The van der Waals surface area contributed by atoms with Gasteiger partial charge in [0.05, 0.1) is 25.3 Å². The molecule has 1 aromatic carbocycles. The maximum absolute atomic E-state index is 13.9. The number of piperazine rings is 1. The summed E-state index contributed by atoms with van der Waals surface area (Å²) in [6.45, 7) is 3.74. The third-order valence-corrected chi connectivity index (χ3v) is 7.39. The van der Waals surface area contributed by atoms with Gasteiger partial charge in [0, 0.05) is 36.4 Å². The second kappa shape index (κ2) is 8.31. The highest BCUT2D eigenvalue weighted by Crippen LogP contribution is 2.49. The molecule has 2 unspecified atom stereocenters. The van der Waals surface area contributed by atoms with Crippen molar-refractivity contribution in [3.8, 4) is 11.8 Å². The summed E-state index contributed by atoms with van der Waals surface area (Å²) in [6, 6.07) is 10.8. The molecule has 3 heterocycles. The van der Waals surface area contributed by atoms with E-state index in [1.165, 1.54) is 12.1 Å². The molecule has 5 rings (SSSR count). The van der Waals surface area contributed by atoms with Crippen LogP contribution in [0.3, 0.4) is 0 Å². The first-order valence-electron chi connectivity index (χ1n) is 11.5. The van der Waals surface area contributed by atoms with Crippen LogP contribution in [0, 0.1) is 23.1 Å². The number of ether oxygens (including phenoxy) is 1. The number of halogens is 1. The van der Waals surface area contributed by atoms with Gasteiger partial charge in [-0.3, -0.25) is 10.1 Å². The monoisotopic (exact) mass is 449 g/mol. The first kappa shape index (κ1) is 21.7. The summed E-state index contributed by atoms with van der Waals surface area (Å²) in [4.78, 5) is 21.9. The number of amides is 1. The molecule has 0 radical (unpaired) electrons. The number of nitrogens with one attached hydrogen (secondary N) is 1. The third kappa shape index (κ3) is 3.91. The highest BCUT2D eigenvalue weighted by Gasteiger charge is 2.48. The molecule has 1 N–H and O–H groups in total. The lowest BCUT2D eigenvalue weighted by Crippen LogP contribution is -2.58. The molecule has 1 saturated carbocycles. The van der Waals surface area contributed by atoms with E-state index in [0.29, 0.717) is 30.3 Å². The molecule has 1 amide bonds. The van der Waals surface area contributed by atoms with Gasteiger partial charge in [-0.2, -0.15) is 5.26 Å². The number of benzene rings is 1.